The van der Waals surface area contributed by atoms with Crippen molar-refractivity contribution in [1.82, 2.24) is 0 Å². The fourth-order valence-corrected chi connectivity index (χ4v) is 5.40. The van der Waals surface area contributed by atoms with Gasteiger partial charge in [-0.1, -0.05) is 162 Å². The highest BCUT2D eigenvalue weighted by Gasteiger charge is 2.13. The molecule has 0 aromatic carbocycles. The van der Waals surface area contributed by atoms with Crippen LogP contribution < -0.4 is 12.4 Å². The molecule has 0 heterocycles. The molecular formula is C33H70ClN. The maximum Gasteiger partial charge on any atom is 0.0782 e. The lowest BCUT2D eigenvalue weighted by Gasteiger charge is -2.30. The Kier molecular flexibility index (Phi) is 32.6. The summed E-state index contributed by atoms with van der Waals surface area (Å²) in [4.78, 5) is 0. The number of nitrogens with zero attached hydrogens (tertiary/aromatic N) is 1. The Balaban J connectivity index is 0. The van der Waals surface area contributed by atoms with E-state index in [1.165, 1.54) is 191 Å². The van der Waals surface area contributed by atoms with Crippen molar-refractivity contribution in [3.05, 3.63) is 0 Å². The van der Waals surface area contributed by atoms with Gasteiger partial charge in [0.2, 0.25) is 0 Å². The van der Waals surface area contributed by atoms with E-state index in [4.69, 9.17) is 0 Å². The first-order valence-corrected chi connectivity index (χ1v) is 16.4. The average molecular weight is 516 g/mol. The number of unbranched alkanes of at least 4 members (excludes halogenated alkanes) is 25. The zero-order valence-corrected chi connectivity index (χ0v) is 26.1. The highest BCUT2D eigenvalue weighted by Crippen LogP contribution is 2.15. The summed E-state index contributed by atoms with van der Waals surface area (Å²) in [6.45, 7) is 7.38. The normalized spacial score (nSPS) is 11.7. The van der Waals surface area contributed by atoms with Gasteiger partial charge in [-0.2, -0.15) is 0 Å². The van der Waals surface area contributed by atoms with E-state index in [1.807, 2.05) is 0 Å². The first-order chi connectivity index (χ1) is 16.6. The molecule has 0 N–H and O–H groups in total. The van der Waals surface area contributed by atoms with E-state index in [1.54, 1.807) is 0 Å². The first kappa shape index (κ1) is 37.4. The molecule has 1 nitrogen and oxygen atoms in total. The second-order valence-corrected chi connectivity index (χ2v) is 12.2. The van der Waals surface area contributed by atoms with E-state index in [0.29, 0.717) is 0 Å². The number of rotatable bonds is 29. The van der Waals surface area contributed by atoms with Crippen LogP contribution in [-0.4, -0.2) is 31.7 Å². The molecule has 0 aromatic heterocycles. The van der Waals surface area contributed by atoms with Gasteiger partial charge in [-0.3, -0.25) is 0 Å². The van der Waals surface area contributed by atoms with Crippen LogP contribution in [0.15, 0.2) is 0 Å². The Morgan fingerprint density at radius 2 is 0.457 bits per heavy atom. The Morgan fingerprint density at radius 3 is 0.657 bits per heavy atom. The van der Waals surface area contributed by atoms with Crippen LogP contribution in [0.4, 0.5) is 0 Å². The molecule has 0 saturated carbocycles. The molecule has 0 bridgehead atoms. The smallest absolute Gasteiger partial charge is 0.0782 e. The van der Waals surface area contributed by atoms with E-state index in [2.05, 4.69) is 27.9 Å². The molecule has 2 heteroatoms. The summed E-state index contributed by atoms with van der Waals surface area (Å²) in [5.41, 5.74) is 0. The summed E-state index contributed by atoms with van der Waals surface area (Å²) < 4.78 is 1.25. The van der Waals surface area contributed by atoms with Gasteiger partial charge in [-0.25, -0.2) is 0 Å². The van der Waals surface area contributed by atoms with Crippen LogP contribution in [0.3, 0.4) is 0 Å². The number of quaternary nitrogens is 1. The van der Waals surface area contributed by atoms with Gasteiger partial charge in [0.25, 0.3) is 0 Å². The van der Waals surface area contributed by atoms with Crippen molar-refractivity contribution < 1.29 is 16.9 Å². The van der Waals surface area contributed by atoms with Crippen molar-refractivity contribution in [2.24, 2.45) is 0 Å². The molecule has 0 unspecified atom stereocenters. The Morgan fingerprint density at radius 1 is 0.286 bits per heavy atom. The number of hydrogen-bond acceptors (Lipinski definition) is 0. The molecule has 0 rings (SSSR count). The first-order valence-electron chi connectivity index (χ1n) is 16.4. The van der Waals surface area contributed by atoms with Gasteiger partial charge in [0.05, 0.1) is 27.2 Å². The van der Waals surface area contributed by atoms with Gasteiger partial charge in [-0.15, -0.1) is 0 Å². The summed E-state index contributed by atoms with van der Waals surface area (Å²) in [5, 5.41) is 0. The molecule has 0 fully saturated rings. The lowest BCUT2D eigenvalue weighted by atomic mass is 10.0. The lowest BCUT2D eigenvalue weighted by molar-refractivity contribution is -0.890. The van der Waals surface area contributed by atoms with Crippen molar-refractivity contribution in [2.75, 3.05) is 27.2 Å². The average Bonchev–Trinajstić information content (AvgIpc) is 2.82. The highest BCUT2D eigenvalue weighted by molar-refractivity contribution is 4.51. The minimum atomic E-state index is 0. The van der Waals surface area contributed by atoms with Gasteiger partial charge >= 0.3 is 0 Å². The van der Waals surface area contributed by atoms with Crippen LogP contribution in [0.2, 0.25) is 0 Å². The van der Waals surface area contributed by atoms with Gasteiger partial charge in [0.15, 0.2) is 0 Å². The second kappa shape index (κ2) is 30.5. The maximum atomic E-state index is 2.46. The van der Waals surface area contributed by atoms with Crippen LogP contribution in [0, 0.1) is 0 Å². The van der Waals surface area contributed by atoms with Crippen molar-refractivity contribution in [3.63, 3.8) is 0 Å². The van der Waals surface area contributed by atoms with Gasteiger partial charge in [-0.05, 0) is 25.7 Å². The number of hydrogen-bond donors (Lipinski definition) is 0. The second-order valence-electron chi connectivity index (χ2n) is 12.2. The predicted octanol–water partition coefficient (Wildman–Crippen LogP) is 8.64. The van der Waals surface area contributed by atoms with Crippen molar-refractivity contribution in [2.45, 2.75) is 187 Å². The third-order valence-corrected chi connectivity index (χ3v) is 7.98. The van der Waals surface area contributed by atoms with Gasteiger partial charge in [0, 0.05) is 0 Å². The summed E-state index contributed by atoms with van der Waals surface area (Å²) in [7, 11) is 4.92. The van der Waals surface area contributed by atoms with Crippen molar-refractivity contribution >= 4 is 0 Å². The molecule has 0 saturated heterocycles. The Hall–Kier alpha value is 0.250. The Bertz CT molecular complexity index is 368. The molecule has 214 valence electrons. The minimum Gasteiger partial charge on any atom is -1.00 e. The summed E-state index contributed by atoms with van der Waals surface area (Å²) in [5.74, 6) is 0. The van der Waals surface area contributed by atoms with Crippen molar-refractivity contribution in [3.8, 4) is 0 Å². The summed E-state index contributed by atoms with van der Waals surface area (Å²) in [6, 6.07) is 0. The molecule has 0 aliphatic rings. The summed E-state index contributed by atoms with van der Waals surface area (Å²) >= 11 is 0. The molecular weight excluding hydrogens is 446 g/mol. The van der Waals surface area contributed by atoms with E-state index in [0.717, 1.165) is 0 Å². The lowest BCUT2D eigenvalue weighted by Crippen LogP contribution is -3.00. The van der Waals surface area contributed by atoms with Gasteiger partial charge < -0.3 is 16.9 Å². The SMILES string of the molecule is CCCCCCCCCCCCCCCCCC[N+](C)(C)CCCCCCCCCCCCC.[Cl-]. The van der Waals surface area contributed by atoms with Crippen molar-refractivity contribution in [1.29, 1.82) is 0 Å². The monoisotopic (exact) mass is 516 g/mol. The third-order valence-electron chi connectivity index (χ3n) is 7.98. The van der Waals surface area contributed by atoms with Crippen LogP contribution in [-0.2, 0) is 0 Å². The standard InChI is InChI=1S/C33H70N.ClH/c1-5-7-9-11-13-15-17-18-19-20-21-23-25-27-29-31-33-34(3,4)32-30-28-26-24-22-16-14-12-10-8-6-2;/h5-33H2,1-4H3;1H/q+1;/p-1. The predicted molar refractivity (Wildman–Crippen MR) is 158 cm³/mol. The Labute approximate surface area is 231 Å². The van der Waals surface area contributed by atoms with E-state index >= 15 is 0 Å². The number of halogens is 1. The van der Waals surface area contributed by atoms with Crippen LogP contribution in [0.5, 0.6) is 0 Å². The quantitative estimate of drug-likeness (QED) is 0.0690. The van der Waals surface area contributed by atoms with Crippen LogP contribution in [0.1, 0.15) is 187 Å². The van der Waals surface area contributed by atoms with Crippen LogP contribution >= 0.6 is 0 Å². The van der Waals surface area contributed by atoms with E-state index in [9.17, 15) is 0 Å². The molecule has 0 amide bonds. The maximum absolute atomic E-state index is 2.46. The molecule has 0 spiro atoms. The minimum absolute atomic E-state index is 0. The van der Waals surface area contributed by atoms with E-state index < -0.39 is 0 Å². The zero-order chi connectivity index (χ0) is 25.0. The third kappa shape index (κ3) is 32.2. The molecule has 0 atom stereocenters. The largest absolute Gasteiger partial charge is 1.00 e. The fourth-order valence-electron chi connectivity index (χ4n) is 5.40. The zero-order valence-electron chi connectivity index (χ0n) is 25.3. The van der Waals surface area contributed by atoms with E-state index in [-0.39, 0.29) is 12.4 Å². The van der Waals surface area contributed by atoms with Crippen LogP contribution in [0.25, 0.3) is 0 Å². The molecule has 0 aliphatic heterocycles. The molecule has 35 heavy (non-hydrogen) atoms. The molecule has 0 aliphatic carbocycles. The fraction of sp³-hybridized carbons (Fsp3) is 1.00. The molecule has 0 radical (unpaired) electrons. The topological polar surface area (TPSA) is 0 Å². The highest BCUT2D eigenvalue weighted by atomic mass is 35.5. The molecule has 0 aromatic rings. The van der Waals surface area contributed by atoms with Gasteiger partial charge in [0.1, 0.15) is 0 Å². The summed E-state index contributed by atoms with van der Waals surface area (Å²) in [6.07, 6.45) is 39.5.